The fraction of sp³-hybridized carbons (Fsp3) is 0.133. The average Bonchev–Trinajstić information content (AvgIpc) is 3.02. The molecule has 3 N–H and O–H groups in total. The van der Waals surface area contributed by atoms with Crippen LogP contribution in [0.3, 0.4) is 0 Å². The molecule has 0 saturated heterocycles. The fourth-order valence-electron chi connectivity index (χ4n) is 1.70. The first kappa shape index (κ1) is 16.1. The maximum Gasteiger partial charge on any atom is 0.373 e. The SMILES string of the molecule is COC(=O)c1ccc(COc2ccccc2/C=N/NC(N)=O)o1. The monoisotopic (exact) mass is 317 g/mol. The molecule has 0 radical (unpaired) electrons. The maximum atomic E-state index is 11.3. The second-order valence-electron chi connectivity index (χ2n) is 4.32. The molecular weight excluding hydrogens is 302 g/mol. The molecule has 2 rings (SSSR count). The molecule has 8 heteroatoms. The molecule has 0 fully saturated rings. The molecule has 8 nitrogen and oxygen atoms in total. The summed E-state index contributed by atoms with van der Waals surface area (Å²) in [4.78, 5) is 21.9. The smallest absolute Gasteiger partial charge is 0.373 e. The molecule has 2 amide bonds. The summed E-state index contributed by atoms with van der Waals surface area (Å²) in [5, 5.41) is 3.68. The number of urea groups is 1. The van der Waals surface area contributed by atoms with Crippen LogP contribution >= 0.6 is 0 Å². The topological polar surface area (TPSA) is 116 Å². The number of amides is 2. The molecule has 1 heterocycles. The summed E-state index contributed by atoms with van der Waals surface area (Å²) >= 11 is 0. The van der Waals surface area contributed by atoms with E-state index in [0.29, 0.717) is 17.1 Å². The van der Waals surface area contributed by atoms with E-state index < -0.39 is 12.0 Å². The van der Waals surface area contributed by atoms with Crippen molar-refractivity contribution in [1.82, 2.24) is 5.43 Å². The van der Waals surface area contributed by atoms with E-state index >= 15 is 0 Å². The van der Waals surface area contributed by atoms with Gasteiger partial charge in [0.15, 0.2) is 0 Å². The van der Waals surface area contributed by atoms with E-state index in [1.54, 1.807) is 30.3 Å². The van der Waals surface area contributed by atoms with Gasteiger partial charge in [-0.15, -0.1) is 0 Å². The Morgan fingerprint density at radius 1 is 1.30 bits per heavy atom. The third kappa shape index (κ3) is 4.60. The minimum atomic E-state index is -0.759. The van der Waals surface area contributed by atoms with Gasteiger partial charge in [-0.05, 0) is 24.3 Å². The standard InChI is InChI=1S/C15H15N3O5/c1-21-14(19)13-7-6-11(23-13)9-22-12-5-3-2-4-10(12)8-17-18-15(16)20/h2-8H,9H2,1H3,(H3,16,18,20)/b17-8+. The highest BCUT2D eigenvalue weighted by Gasteiger charge is 2.11. The number of nitrogens with two attached hydrogens (primary N) is 1. The van der Waals surface area contributed by atoms with Gasteiger partial charge < -0.3 is 19.6 Å². The summed E-state index contributed by atoms with van der Waals surface area (Å²) in [5.41, 5.74) is 7.66. The van der Waals surface area contributed by atoms with E-state index in [4.69, 9.17) is 14.9 Å². The van der Waals surface area contributed by atoms with Crippen LogP contribution in [0.25, 0.3) is 0 Å². The number of nitrogens with one attached hydrogen (secondary N) is 1. The number of benzene rings is 1. The first-order valence-electron chi connectivity index (χ1n) is 6.57. The number of furan rings is 1. The highest BCUT2D eigenvalue weighted by molar-refractivity contribution is 5.86. The number of para-hydroxylation sites is 1. The Morgan fingerprint density at radius 2 is 2.09 bits per heavy atom. The van der Waals surface area contributed by atoms with E-state index in [1.807, 2.05) is 0 Å². The number of hydrazone groups is 1. The molecule has 0 aliphatic rings. The van der Waals surface area contributed by atoms with Gasteiger partial charge in [0.05, 0.1) is 13.3 Å². The van der Waals surface area contributed by atoms with Gasteiger partial charge in [0.25, 0.3) is 0 Å². The van der Waals surface area contributed by atoms with Crippen molar-refractivity contribution in [3.05, 3.63) is 53.5 Å². The number of ether oxygens (including phenoxy) is 2. The first-order valence-corrected chi connectivity index (χ1v) is 6.57. The van der Waals surface area contributed by atoms with Crippen LogP contribution in [-0.2, 0) is 11.3 Å². The molecule has 23 heavy (non-hydrogen) atoms. The lowest BCUT2D eigenvalue weighted by atomic mass is 10.2. The van der Waals surface area contributed by atoms with Gasteiger partial charge in [-0.25, -0.2) is 15.0 Å². The molecule has 0 saturated carbocycles. The Kier molecular flexibility index (Phi) is 5.35. The van der Waals surface area contributed by atoms with E-state index in [2.05, 4.69) is 15.3 Å². The molecule has 1 aromatic carbocycles. The molecule has 0 aliphatic heterocycles. The lowest BCUT2D eigenvalue weighted by molar-refractivity contribution is 0.0561. The van der Waals surface area contributed by atoms with Crippen LogP contribution in [0.5, 0.6) is 5.75 Å². The van der Waals surface area contributed by atoms with Crippen molar-refractivity contribution in [2.75, 3.05) is 7.11 Å². The molecule has 1 aromatic heterocycles. The predicted octanol–water partition coefficient (Wildman–Crippen LogP) is 1.65. The zero-order chi connectivity index (χ0) is 16.7. The van der Waals surface area contributed by atoms with E-state index in [9.17, 15) is 9.59 Å². The van der Waals surface area contributed by atoms with Crippen LogP contribution in [0.1, 0.15) is 21.9 Å². The number of methoxy groups -OCH3 is 1. The van der Waals surface area contributed by atoms with Crippen molar-refractivity contribution in [2.24, 2.45) is 10.8 Å². The normalized spacial score (nSPS) is 10.5. The second kappa shape index (κ2) is 7.64. The number of hydrogen-bond donors (Lipinski definition) is 2. The van der Waals surface area contributed by atoms with Crippen LogP contribution in [0.2, 0.25) is 0 Å². The molecule has 0 spiro atoms. The summed E-state index contributed by atoms with van der Waals surface area (Å²) in [5.74, 6) is 0.541. The van der Waals surface area contributed by atoms with Crippen LogP contribution in [0.15, 0.2) is 45.9 Å². The second-order valence-corrected chi connectivity index (χ2v) is 4.32. The van der Waals surface area contributed by atoms with Crippen molar-refractivity contribution in [2.45, 2.75) is 6.61 Å². The zero-order valence-electron chi connectivity index (χ0n) is 12.3. The van der Waals surface area contributed by atoms with Crippen molar-refractivity contribution in [3.63, 3.8) is 0 Å². The third-order valence-electron chi connectivity index (χ3n) is 2.72. The van der Waals surface area contributed by atoms with E-state index in [0.717, 1.165) is 0 Å². The lowest BCUT2D eigenvalue weighted by Crippen LogP contribution is -2.24. The van der Waals surface area contributed by atoms with Gasteiger partial charge in [0, 0.05) is 5.56 Å². The third-order valence-corrected chi connectivity index (χ3v) is 2.72. The molecule has 0 atom stereocenters. The summed E-state index contributed by atoms with van der Waals surface area (Å²) in [6.45, 7) is 0.116. The number of rotatable bonds is 6. The largest absolute Gasteiger partial charge is 0.485 e. The average molecular weight is 317 g/mol. The Balaban J connectivity index is 2.03. The lowest BCUT2D eigenvalue weighted by Gasteiger charge is -2.07. The van der Waals surface area contributed by atoms with E-state index in [1.165, 1.54) is 19.4 Å². The number of primary amides is 1. The maximum absolute atomic E-state index is 11.3. The Hall–Kier alpha value is -3.29. The molecule has 2 aromatic rings. The van der Waals surface area contributed by atoms with E-state index in [-0.39, 0.29) is 12.4 Å². The molecule has 120 valence electrons. The van der Waals surface area contributed by atoms with Crippen molar-refractivity contribution >= 4 is 18.2 Å². The van der Waals surface area contributed by atoms with Gasteiger partial charge in [0.1, 0.15) is 18.1 Å². The summed E-state index contributed by atoms with van der Waals surface area (Å²) in [7, 11) is 1.27. The summed E-state index contributed by atoms with van der Waals surface area (Å²) in [6, 6.07) is 9.44. The molecule has 0 aliphatic carbocycles. The molecular formula is C15H15N3O5. The van der Waals surface area contributed by atoms with Crippen LogP contribution in [0.4, 0.5) is 4.79 Å². The fourth-order valence-corrected chi connectivity index (χ4v) is 1.70. The number of carbonyl (C=O) groups excluding carboxylic acids is 2. The zero-order valence-corrected chi connectivity index (χ0v) is 12.3. The van der Waals surface area contributed by atoms with Gasteiger partial charge in [0.2, 0.25) is 5.76 Å². The van der Waals surface area contributed by atoms with Crippen molar-refractivity contribution in [1.29, 1.82) is 0 Å². The van der Waals surface area contributed by atoms with Crippen molar-refractivity contribution < 1.29 is 23.5 Å². The van der Waals surface area contributed by atoms with Gasteiger partial charge in [-0.1, -0.05) is 12.1 Å². The molecule has 0 bridgehead atoms. The first-order chi connectivity index (χ1) is 11.1. The highest BCUT2D eigenvalue weighted by Crippen LogP contribution is 2.18. The van der Waals surface area contributed by atoms with Gasteiger partial charge >= 0.3 is 12.0 Å². The van der Waals surface area contributed by atoms with Gasteiger partial charge in [-0.2, -0.15) is 5.10 Å². The number of esters is 1. The van der Waals surface area contributed by atoms with Crippen LogP contribution < -0.4 is 15.9 Å². The van der Waals surface area contributed by atoms with Crippen LogP contribution in [0, 0.1) is 0 Å². The minimum Gasteiger partial charge on any atom is -0.485 e. The number of carbonyl (C=O) groups is 2. The number of nitrogens with zero attached hydrogens (tertiary/aromatic N) is 1. The molecule has 0 unspecified atom stereocenters. The Labute approximate surface area is 131 Å². The van der Waals surface area contributed by atoms with Gasteiger partial charge in [-0.3, -0.25) is 0 Å². The summed E-state index contributed by atoms with van der Waals surface area (Å²) in [6.07, 6.45) is 1.40. The predicted molar refractivity (Wildman–Crippen MR) is 81.1 cm³/mol. The van der Waals surface area contributed by atoms with Crippen molar-refractivity contribution in [3.8, 4) is 5.75 Å². The number of hydrogen-bond acceptors (Lipinski definition) is 6. The summed E-state index contributed by atoms with van der Waals surface area (Å²) < 4.78 is 15.5. The highest BCUT2D eigenvalue weighted by atomic mass is 16.5. The minimum absolute atomic E-state index is 0.103. The Morgan fingerprint density at radius 3 is 2.83 bits per heavy atom. The Bertz CT molecular complexity index is 723. The van der Waals surface area contributed by atoms with Crippen LogP contribution in [-0.4, -0.2) is 25.3 Å². The quantitative estimate of drug-likeness (QED) is 0.477.